The second-order valence-electron chi connectivity index (χ2n) is 8.35. The fraction of sp³-hybridized carbons (Fsp3) is 0.455. The Balaban J connectivity index is 0.000000406. The maximum Gasteiger partial charge on any atom is 0.490 e. The maximum atomic E-state index is 13.5. The summed E-state index contributed by atoms with van der Waals surface area (Å²) >= 11 is 1.42. The van der Waals surface area contributed by atoms with E-state index in [2.05, 4.69) is 5.32 Å². The van der Waals surface area contributed by atoms with Gasteiger partial charge in [-0.25, -0.2) is 18.4 Å². The molecule has 2 aliphatic rings. The van der Waals surface area contributed by atoms with Crippen LogP contribution in [0.25, 0.3) is 0 Å². The lowest BCUT2D eigenvalue weighted by Crippen LogP contribution is -2.43. The van der Waals surface area contributed by atoms with Crippen molar-refractivity contribution < 1.29 is 41.8 Å². The monoisotopic (exact) mass is 506 g/mol. The van der Waals surface area contributed by atoms with Crippen molar-refractivity contribution in [2.75, 3.05) is 11.4 Å². The molecule has 186 valence electrons. The minimum absolute atomic E-state index is 0.308. The molecule has 1 aromatic heterocycles. The van der Waals surface area contributed by atoms with Crippen molar-refractivity contribution in [3.8, 4) is 0 Å². The van der Waals surface area contributed by atoms with Gasteiger partial charge in [-0.1, -0.05) is 0 Å². The van der Waals surface area contributed by atoms with E-state index in [1.165, 1.54) is 41.2 Å². The quantitative estimate of drug-likeness (QED) is 0.481. The Kier molecular flexibility index (Phi) is 8.13. The van der Waals surface area contributed by atoms with E-state index in [4.69, 9.17) is 9.90 Å². The fourth-order valence-corrected chi connectivity index (χ4v) is 5.38. The number of nitrogens with one attached hydrogen (secondary N) is 1. The maximum absolute atomic E-state index is 13.5. The number of carboxylic acid groups (broad SMARTS) is 2. The van der Waals surface area contributed by atoms with Crippen molar-refractivity contribution in [3.05, 3.63) is 51.7 Å². The number of nitrogens with zero attached hydrogens (tertiary/aromatic N) is 1. The molecule has 4 rings (SSSR count). The van der Waals surface area contributed by atoms with Crippen molar-refractivity contribution in [2.24, 2.45) is 5.92 Å². The Labute approximate surface area is 196 Å². The first kappa shape index (κ1) is 25.9. The lowest BCUT2D eigenvalue weighted by molar-refractivity contribution is -0.192. The average Bonchev–Trinajstić information content (AvgIpc) is 3.30. The van der Waals surface area contributed by atoms with Crippen molar-refractivity contribution in [1.29, 1.82) is 0 Å². The van der Waals surface area contributed by atoms with Crippen LogP contribution in [0.4, 0.5) is 32.4 Å². The van der Waals surface area contributed by atoms with Gasteiger partial charge in [-0.15, -0.1) is 11.3 Å². The first-order valence-corrected chi connectivity index (χ1v) is 11.4. The summed E-state index contributed by atoms with van der Waals surface area (Å²) in [6, 6.07) is 6.22. The molecule has 2 atom stereocenters. The summed E-state index contributed by atoms with van der Waals surface area (Å²) in [5.41, 5.74) is 1.13. The molecule has 0 aliphatic carbocycles. The van der Waals surface area contributed by atoms with E-state index in [0.717, 1.165) is 23.8 Å². The van der Waals surface area contributed by atoms with Gasteiger partial charge < -0.3 is 15.5 Å². The van der Waals surface area contributed by atoms with Crippen LogP contribution in [0.2, 0.25) is 0 Å². The summed E-state index contributed by atoms with van der Waals surface area (Å²) < 4.78 is 58.7. The summed E-state index contributed by atoms with van der Waals surface area (Å²) in [5, 5.41) is 22.3. The van der Waals surface area contributed by atoms with Crippen LogP contribution in [0.5, 0.6) is 0 Å². The molecule has 0 saturated carbocycles. The number of carbonyl (C=O) groups is 2. The molecule has 2 fully saturated rings. The highest BCUT2D eigenvalue weighted by molar-refractivity contribution is 7.10. The number of piperidine rings is 1. The third kappa shape index (κ3) is 6.89. The van der Waals surface area contributed by atoms with E-state index in [0.29, 0.717) is 42.2 Å². The standard InChI is InChI=1S/C20H22F2N2O2S.C2HF3O2/c21-14-5-12(6-15(22)10-14)9-19-18(3-4-27-19)24(20(25)26)11-13-7-16-1-2-17(8-13)23-16;3-2(4,5)1(6)7/h3-6,10,13,16-17,23H,1-2,7-9,11H2,(H,25,26);(H,6,7). The molecule has 12 heteroatoms. The van der Waals surface area contributed by atoms with Gasteiger partial charge in [0, 0.05) is 36.0 Å². The number of aliphatic carboxylic acids is 1. The van der Waals surface area contributed by atoms with Gasteiger partial charge in [-0.05, 0) is 60.7 Å². The van der Waals surface area contributed by atoms with Gasteiger partial charge in [0.15, 0.2) is 0 Å². The van der Waals surface area contributed by atoms with Gasteiger partial charge in [0.05, 0.1) is 5.69 Å². The number of hydrogen-bond donors (Lipinski definition) is 3. The Morgan fingerprint density at radius 3 is 2.12 bits per heavy atom. The number of carboxylic acids is 1. The van der Waals surface area contributed by atoms with Gasteiger partial charge in [-0.2, -0.15) is 13.2 Å². The van der Waals surface area contributed by atoms with Crippen LogP contribution in [-0.2, 0) is 11.2 Å². The number of fused-ring (bicyclic) bond motifs is 2. The van der Waals surface area contributed by atoms with Crippen LogP contribution >= 0.6 is 11.3 Å². The smallest absolute Gasteiger partial charge is 0.475 e. The number of halogens is 5. The zero-order valence-electron chi connectivity index (χ0n) is 17.8. The first-order valence-electron chi connectivity index (χ1n) is 10.5. The lowest BCUT2D eigenvalue weighted by Gasteiger charge is -2.32. The molecule has 2 bridgehead atoms. The number of hydrogen-bond acceptors (Lipinski definition) is 4. The minimum Gasteiger partial charge on any atom is -0.475 e. The normalized spacial score (nSPS) is 21.5. The zero-order chi connectivity index (χ0) is 25.0. The summed E-state index contributed by atoms with van der Waals surface area (Å²) in [6.07, 6.45) is -1.43. The van der Waals surface area contributed by atoms with Crippen LogP contribution in [0.3, 0.4) is 0 Å². The molecule has 2 unspecified atom stereocenters. The Hall–Kier alpha value is -2.73. The number of amides is 1. The number of rotatable bonds is 5. The van der Waals surface area contributed by atoms with Gasteiger partial charge in [0.25, 0.3) is 0 Å². The van der Waals surface area contributed by atoms with Crippen LogP contribution in [0.15, 0.2) is 29.6 Å². The lowest BCUT2D eigenvalue weighted by atomic mass is 9.92. The summed E-state index contributed by atoms with van der Waals surface area (Å²) in [4.78, 5) is 23.1. The third-order valence-corrected chi connectivity index (χ3v) is 6.69. The molecule has 3 N–H and O–H groups in total. The summed E-state index contributed by atoms with van der Waals surface area (Å²) in [6.45, 7) is 0.464. The van der Waals surface area contributed by atoms with Crippen LogP contribution < -0.4 is 10.2 Å². The Morgan fingerprint density at radius 1 is 1.06 bits per heavy atom. The fourth-order valence-electron chi connectivity index (χ4n) is 4.47. The highest BCUT2D eigenvalue weighted by atomic mass is 32.1. The largest absolute Gasteiger partial charge is 0.490 e. The average molecular weight is 506 g/mol. The topological polar surface area (TPSA) is 89.9 Å². The predicted octanol–water partition coefficient (Wildman–Crippen LogP) is 5.27. The van der Waals surface area contributed by atoms with Gasteiger partial charge >= 0.3 is 18.2 Å². The highest BCUT2D eigenvalue weighted by Gasteiger charge is 2.38. The molecule has 2 saturated heterocycles. The molecule has 3 heterocycles. The molecule has 34 heavy (non-hydrogen) atoms. The highest BCUT2D eigenvalue weighted by Crippen LogP contribution is 2.35. The van der Waals surface area contributed by atoms with Gasteiger partial charge in [0.1, 0.15) is 11.6 Å². The number of benzene rings is 1. The predicted molar refractivity (Wildman–Crippen MR) is 115 cm³/mol. The molecule has 1 amide bonds. The molecule has 0 radical (unpaired) electrons. The number of alkyl halides is 3. The summed E-state index contributed by atoms with van der Waals surface area (Å²) in [7, 11) is 0. The van der Waals surface area contributed by atoms with Crippen molar-refractivity contribution in [2.45, 2.75) is 50.4 Å². The zero-order valence-corrected chi connectivity index (χ0v) is 18.6. The summed E-state index contributed by atoms with van der Waals surface area (Å²) in [5.74, 6) is -3.67. The van der Waals surface area contributed by atoms with E-state index in [1.807, 2.05) is 5.38 Å². The Morgan fingerprint density at radius 2 is 1.62 bits per heavy atom. The second kappa shape index (κ2) is 10.7. The van der Waals surface area contributed by atoms with Crippen molar-refractivity contribution in [3.63, 3.8) is 0 Å². The minimum atomic E-state index is -5.08. The molecule has 2 aromatic rings. The van der Waals surface area contributed by atoms with Crippen molar-refractivity contribution in [1.82, 2.24) is 5.32 Å². The van der Waals surface area contributed by atoms with E-state index in [-0.39, 0.29) is 0 Å². The molecule has 2 aliphatic heterocycles. The molecular formula is C22H23F5N2O4S. The van der Waals surface area contributed by atoms with Crippen LogP contribution in [0.1, 0.15) is 36.1 Å². The number of anilines is 1. The van der Waals surface area contributed by atoms with E-state index >= 15 is 0 Å². The SMILES string of the molecule is O=C(O)C(F)(F)F.O=C(O)N(CC1CC2CCC(C1)N2)c1ccsc1Cc1cc(F)cc(F)c1. The van der Waals surface area contributed by atoms with Crippen LogP contribution in [-0.4, -0.2) is 47.1 Å². The van der Waals surface area contributed by atoms with Crippen molar-refractivity contribution >= 4 is 29.1 Å². The van der Waals surface area contributed by atoms with E-state index in [9.17, 15) is 31.9 Å². The first-order chi connectivity index (χ1) is 15.9. The second-order valence-corrected chi connectivity index (χ2v) is 9.36. The van der Waals surface area contributed by atoms with Gasteiger partial charge in [0.2, 0.25) is 0 Å². The van der Waals surface area contributed by atoms with Gasteiger partial charge in [-0.3, -0.25) is 4.90 Å². The van der Waals surface area contributed by atoms with E-state index < -0.39 is 29.9 Å². The molecular weight excluding hydrogens is 483 g/mol. The third-order valence-electron chi connectivity index (χ3n) is 5.78. The molecule has 6 nitrogen and oxygen atoms in total. The number of thiophene rings is 1. The Bertz CT molecular complexity index is 997. The molecule has 1 aromatic carbocycles. The molecule has 0 spiro atoms. The van der Waals surface area contributed by atoms with Crippen LogP contribution in [0, 0.1) is 17.6 Å². The van der Waals surface area contributed by atoms with E-state index in [1.54, 1.807) is 6.07 Å².